The molecule has 4 heteroatoms. The van der Waals surface area contributed by atoms with Crippen molar-refractivity contribution in [1.29, 1.82) is 0 Å². The molecule has 21 heavy (non-hydrogen) atoms. The summed E-state index contributed by atoms with van der Waals surface area (Å²) in [7, 11) is 0. The third-order valence-electron chi connectivity index (χ3n) is 3.72. The third kappa shape index (κ3) is 4.38. The van der Waals surface area contributed by atoms with Gasteiger partial charge in [-0.3, -0.25) is 4.79 Å². The summed E-state index contributed by atoms with van der Waals surface area (Å²) in [5.41, 5.74) is 1.52. The molecule has 2 N–H and O–H groups in total. The van der Waals surface area contributed by atoms with Gasteiger partial charge < -0.3 is 15.4 Å². The maximum atomic E-state index is 12.4. The normalized spacial score (nSPS) is 14.9. The van der Waals surface area contributed by atoms with Gasteiger partial charge in [-0.05, 0) is 31.4 Å². The summed E-state index contributed by atoms with van der Waals surface area (Å²) in [5.74, 6) is 1.34. The molecule has 0 spiro atoms. The van der Waals surface area contributed by atoms with Crippen molar-refractivity contribution in [2.45, 2.75) is 46.1 Å². The van der Waals surface area contributed by atoms with E-state index in [0.29, 0.717) is 23.8 Å². The zero-order chi connectivity index (χ0) is 15.2. The van der Waals surface area contributed by atoms with Gasteiger partial charge in [-0.1, -0.05) is 32.8 Å². The number of rotatable bonds is 6. The van der Waals surface area contributed by atoms with E-state index in [4.69, 9.17) is 4.74 Å². The first kappa shape index (κ1) is 15.7. The van der Waals surface area contributed by atoms with E-state index in [1.807, 2.05) is 18.2 Å². The number of fused-ring (bicyclic) bond motifs is 1. The van der Waals surface area contributed by atoms with Crippen LogP contribution in [0.5, 0.6) is 5.75 Å². The summed E-state index contributed by atoms with van der Waals surface area (Å²) in [6.07, 6.45) is 3.36. The number of carbonyl (C=O) groups is 1. The van der Waals surface area contributed by atoms with Gasteiger partial charge in [0.1, 0.15) is 6.61 Å². The van der Waals surface area contributed by atoms with Gasteiger partial charge in [0, 0.05) is 12.6 Å². The molecule has 0 fully saturated rings. The lowest BCUT2D eigenvalue weighted by Gasteiger charge is -2.22. The topological polar surface area (TPSA) is 50.4 Å². The second-order valence-corrected chi connectivity index (χ2v) is 6.16. The highest BCUT2D eigenvalue weighted by molar-refractivity contribution is 5.99. The Morgan fingerprint density at radius 2 is 2.14 bits per heavy atom. The highest BCUT2D eigenvalue weighted by Gasteiger charge is 2.19. The molecule has 1 amide bonds. The maximum absolute atomic E-state index is 12.4. The Bertz CT molecular complexity index is 486. The molecule has 0 saturated heterocycles. The standard InChI is InChI=1S/C17H26N2O2/c1-12(2)6-4-7-13(3)19-17(20)14-8-5-9-15-16(14)21-11-10-18-15/h5,8-9,12-13,18H,4,6-7,10-11H2,1-3H3,(H,19,20). The van der Waals surface area contributed by atoms with Crippen molar-refractivity contribution in [1.82, 2.24) is 5.32 Å². The number of anilines is 1. The van der Waals surface area contributed by atoms with Crippen LogP contribution >= 0.6 is 0 Å². The van der Waals surface area contributed by atoms with E-state index < -0.39 is 0 Å². The Morgan fingerprint density at radius 3 is 2.90 bits per heavy atom. The molecule has 1 aromatic carbocycles. The first-order valence-electron chi connectivity index (χ1n) is 7.88. The van der Waals surface area contributed by atoms with Gasteiger partial charge in [-0.25, -0.2) is 0 Å². The first-order chi connectivity index (χ1) is 10.1. The summed E-state index contributed by atoms with van der Waals surface area (Å²) in [6.45, 7) is 7.89. The molecular formula is C17H26N2O2. The Morgan fingerprint density at radius 1 is 1.33 bits per heavy atom. The molecule has 0 bridgehead atoms. The Labute approximate surface area is 127 Å². The highest BCUT2D eigenvalue weighted by Crippen LogP contribution is 2.31. The van der Waals surface area contributed by atoms with Gasteiger partial charge in [-0.2, -0.15) is 0 Å². The summed E-state index contributed by atoms with van der Waals surface area (Å²) >= 11 is 0. The van der Waals surface area contributed by atoms with Crippen LogP contribution in [0.2, 0.25) is 0 Å². The van der Waals surface area contributed by atoms with Crippen LogP contribution in [-0.4, -0.2) is 25.1 Å². The monoisotopic (exact) mass is 290 g/mol. The van der Waals surface area contributed by atoms with Gasteiger partial charge in [0.25, 0.3) is 5.91 Å². The van der Waals surface area contributed by atoms with Crippen LogP contribution in [0.15, 0.2) is 18.2 Å². The minimum Gasteiger partial charge on any atom is -0.489 e. The molecule has 1 unspecified atom stereocenters. The average molecular weight is 290 g/mol. The second kappa shape index (κ2) is 7.34. The van der Waals surface area contributed by atoms with E-state index in [1.165, 1.54) is 6.42 Å². The van der Waals surface area contributed by atoms with Crippen molar-refractivity contribution in [2.24, 2.45) is 5.92 Å². The molecule has 0 aromatic heterocycles. The third-order valence-corrected chi connectivity index (χ3v) is 3.72. The van der Waals surface area contributed by atoms with E-state index in [9.17, 15) is 4.79 Å². The van der Waals surface area contributed by atoms with Crippen molar-refractivity contribution >= 4 is 11.6 Å². The van der Waals surface area contributed by atoms with Gasteiger partial charge in [0.05, 0.1) is 11.3 Å². The number of carbonyl (C=O) groups excluding carboxylic acids is 1. The molecule has 1 heterocycles. The molecule has 0 aliphatic carbocycles. The fourth-order valence-corrected chi connectivity index (χ4v) is 2.56. The van der Waals surface area contributed by atoms with Crippen molar-refractivity contribution < 1.29 is 9.53 Å². The fourth-order valence-electron chi connectivity index (χ4n) is 2.56. The molecule has 2 rings (SSSR count). The molecule has 116 valence electrons. The molecule has 0 saturated carbocycles. The van der Waals surface area contributed by atoms with Crippen LogP contribution in [0.1, 0.15) is 50.4 Å². The van der Waals surface area contributed by atoms with Crippen molar-refractivity contribution in [2.75, 3.05) is 18.5 Å². The number of hydrogen-bond donors (Lipinski definition) is 2. The van der Waals surface area contributed by atoms with E-state index in [2.05, 4.69) is 31.4 Å². The smallest absolute Gasteiger partial charge is 0.255 e. The number of amides is 1. The van der Waals surface area contributed by atoms with Crippen LogP contribution in [0.3, 0.4) is 0 Å². The Kier molecular flexibility index (Phi) is 5.48. The van der Waals surface area contributed by atoms with E-state index in [-0.39, 0.29) is 11.9 Å². The molecule has 4 nitrogen and oxygen atoms in total. The largest absolute Gasteiger partial charge is 0.489 e. The predicted molar refractivity (Wildman–Crippen MR) is 86.0 cm³/mol. The van der Waals surface area contributed by atoms with E-state index in [1.54, 1.807) is 0 Å². The zero-order valence-electron chi connectivity index (χ0n) is 13.2. The van der Waals surface area contributed by atoms with Crippen LogP contribution < -0.4 is 15.4 Å². The van der Waals surface area contributed by atoms with Crippen LogP contribution in [-0.2, 0) is 0 Å². The zero-order valence-corrected chi connectivity index (χ0v) is 13.2. The van der Waals surface area contributed by atoms with Crippen molar-refractivity contribution in [3.63, 3.8) is 0 Å². The van der Waals surface area contributed by atoms with Crippen molar-refractivity contribution in [3.8, 4) is 5.75 Å². The summed E-state index contributed by atoms with van der Waals surface area (Å²) in [5, 5.41) is 6.33. The Balaban J connectivity index is 1.94. The fraction of sp³-hybridized carbons (Fsp3) is 0.588. The molecule has 1 aliphatic heterocycles. The Hall–Kier alpha value is -1.71. The van der Waals surface area contributed by atoms with E-state index in [0.717, 1.165) is 25.1 Å². The molecule has 1 aromatic rings. The number of ether oxygens (including phenoxy) is 1. The van der Waals surface area contributed by atoms with E-state index >= 15 is 0 Å². The second-order valence-electron chi connectivity index (χ2n) is 6.16. The number of para-hydroxylation sites is 1. The lowest BCUT2D eigenvalue weighted by Crippen LogP contribution is -2.33. The summed E-state index contributed by atoms with van der Waals surface area (Å²) < 4.78 is 5.65. The SMILES string of the molecule is CC(C)CCCC(C)NC(=O)c1cccc2c1OCCN2. The molecular weight excluding hydrogens is 264 g/mol. The predicted octanol–water partition coefficient (Wildman–Crippen LogP) is 3.44. The van der Waals surface area contributed by atoms with Gasteiger partial charge in [0.15, 0.2) is 5.75 Å². The minimum absolute atomic E-state index is 0.0485. The van der Waals surface area contributed by atoms with Gasteiger partial charge >= 0.3 is 0 Å². The summed E-state index contributed by atoms with van der Waals surface area (Å²) in [4.78, 5) is 12.4. The lowest BCUT2D eigenvalue weighted by atomic mass is 10.0. The molecule has 1 atom stereocenters. The molecule has 0 radical (unpaired) electrons. The van der Waals surface area contributed by atoms with Crippen LogP contribution in [0, 0.1) is 5.92 Å². The molecule has 1 aliphatic rings. The van der Waals surface area contributed by atoms with Crippen LogP contribution in [0.25, 0.3) is 0 Å². The van der Waals surface area contributed by atoms with Gasteiger partial charge in [0.2, 0.25) is 0 Å². The quantitative estimate of drug-likeness (QED) is 0.844. The highest BCUT2D eigenvalue weighted by atomic mass is 16.5. The number of nitrogens with one attached hydrogen (secondary N) is 2. The van der Waals surface area contributed by atoms with Gasteiger partial charge in [-0.15, -0.1) is 0 Å². The summed E-state index contributed by atoms with van der Waals surface area (Å²) in [6, 6.07) is 5.83. The first-order valence-corrected chi connectivity index (χ1v) is 7.88. The lowest BCUT2D eigenvalue weighted by molar-refractivity contribution is 0.0933. The van der Waals surface area contributed by atoms with Crippen LogP contribution in [0.4, 0.5) is 5.69 Å². The van der Waals surface area contributed by atoms with Crippen molar-refractivity contribution in [3.05, 3.63) is 23.8 Å². The number of benzene rings is 1. The maximum Gasteiger partial charge on any atom is 0.255 e. The average Bonchev–Trinajstić information content (AvgIpc) is 2.46. The number of hydrogen-bond acceptors (Lipinski definition) is 3. The minimum atomic E-state index is -0.0485.